The molecular weight excluding hydrogens is 282 g/mol. The van der Waals surface area contributed by atoms with Crippen LogP contribution in [0.1, 0.15) is 18.1 Å². The Bertz CT molecular complexity index is 667. The van der Waals surface area contributed by atoms with Gasteiger partial charge in [0.15, 0.2) is 5.78 Å². The Morgan fingerprint density at radius 3 is 1.65 bits per heavy atom. The lowest BCUT2D eigenvalue weighted by Crippen LogP contribution is -2.37. The van der Waals surface area contributed by atoms with Crippen molar-refractivity contribution < 1.29 is 4.79 Å². The summed E-state index contributed by atoms with van der Waals surface area (Å²) in [6, 6.07) is 20.1. The molecule has 1 fully saturated rings. The molecule has 0 bridgehead atoms. The molecule has 1 aliphatic heterocycles. The fourth-order valence-electron chi connectivity index (χ4n) is 2.83. The number of hydrogen-bond donors (Lipinski definition) is 0. The van der Waals surface area contributed by atoms with Crippen LogP contribution < -0.4 is 0 Å². The summed E-state index contributed by atoms with van der Waals surface area (Å²) in [6.07, 6.45) is 4.03. The molecule has 0 atom stereocenters. The number of likely N-dealkylation sites (N-methyl/N-ethyl adjacent to an activating group) is 1. The van der Waals surface area contributed by atoms with Crippen molar-refractivity contribution in [2.24, 2.45) is 0 Å². The second-order valence-electron chi connectivity index (χ2n) is 5.79. The standard InChI is InChI=1S/C21H21NO/c1-2-22-15-19(13-17-9-5-3-6-10-17)21(23)20(16-22)14-18-11-7-4-8-12-18/h3-14H,2,15-16H2,1H3/b19-13-,20-14+. The van der Waals surface area contributed by atoms with Crippen molar-refractivity contribution >= 4 is 17.9 Å². The van der Waals surface area contributed by atoms with E-state index in [1.165, 1.54) is 0 Å². The van der Waals surface area contributed by atoms with Crippen molar-refractivity contribution in [3.63, 3.8) is 0 Å². The van der Waals surface area contributed by atoms with E-state index in [2.05, 4.69) is 11.8 Å². The van der Waals surface area contributed by atoms with Crippen molar-refractivity contribution in [2.45, 2.75) is 6.92 Å². The average molecular weight is 303 g/mol. The Balaban J connectivity index is 1.94. The predicted octanol–water partition coefficient (Wildman–Crippen LogP) is 4.06. The zero-order chi connectivity index (χ0) is 16.1. The van der Waals surface area contributed by atoms with Gasteiger partial charge < -0.3 is 0 Å². The number of hydrogen-bond acceptors (Lipinski definition) is 2. The number of likely N-dealkylation sites (tertiary alicyclic amines) is 1. The normalized spacial score (nSPS) is 19.4. The quantitative estimate of drug-likeness (QED) is 0.797. The molecule has 2 aromatic rings. The lowest BCUT2D eigenvalue weighted by atomic mass is 9.94. The summed E-state index contributed by atoms with van der Waals surface area (Å²) in [5.41, 5.74) is 3.89. The fourth-order valence-corrected chi connectivity index (χ4v) is 2.83. The SMILES string of the molecule is CCN1C/C(=C/c2ccccc2)C(=O)/C(=C/c2ccccc2)C1. The Morgan fingerprint density at radius 2 is 1.26 bits per heavy atom. The first-order valence-corrected chi connectivity index (χ1v) is 8.04. The highest BCUT2D eigenvalue weighted by molar-refractivity contribution is 6.14. The zero-order valence-electron chi connectivity index (χ0n) is 13.4. The maximum Gasteiger partial charge on any atom is 0.187 e. The topological polar surface area (TPSA) is 20.3 Å². The van der Waals surface area contributed by atoms with E-state index < -0.39 is 0 Å². The second-order valence-corrected chi connectivity index (χ2v) is 5.79. The molecule has 2 aromatic carbocycles. The average Bonchev–Trinajstić information content (AvgIpc) is 2.60. The van der Waals surface area contributed by atoms with E-state index in [0.717, 1.165) is 41.9 Å². The van der Waals surface area contributed by atoms with Crippen LogP contribution in [0.4, 0.5) is 0 Å². The molecule has 23 heavy (non-hydrogen) atoms. The van der Waals surface area contributed by atoms with Crippen molar-refractivity contribution in [3.05, 3.63) is 82.9 Å². The third-order valence-corrected chi connectivity index (χ3v) is 4.10. The first-order chi connectivity index (χ1) is 11.3. The number of piperidine rings is 1. The van der Waals surface area contributed by atoms with Gasteiger partial charge in [-0.25, -0.2) is 0 Å². The highest BCUT2D eigenvalue weighted by Gasteiger charge is 2.25. The van der Waals surface area contributed by atoms with Crippen LogP contribution in [-0.4, -0.2) is 30.3 Å². The Hall–Kier alpha value is -2.45. The molecule has 1 saturated heterocycles. The van der Waals surface area contributed by atoms with Crippen molar-refractivity contribution in [1.29, 1.82) is 0 Å². The highest BCUT2D eigenvalue weighted by atomic mass is 16.1. The first-order valence-electron chi connectivity index (χ1n) is 8.04. The largest absolute Gasteiger partial charge is 0.295 e. The Labute approximate surface area is 137 Å². The van der Waals surface area contributed by atoms with Gasteiger partial charge in [-0.1, -0.05) is 67.6 Å². The smallest absolute Gasteiger partial charge is 0.187 e. The number of benzene rings is 2. The summed E-state index contributed by atoms with van der Waals surface area (Å²) in [4.78, 5) is 15.1. The van der Waals surface area contributed by atoms with Crippen LogP contribution in [0.2, 0.25) is 0 Å². The fraction of sp³-hybridized carbons (Fsp3) is 0.190. The van der Waals surface area contributed by atoms with Crippen LogP contribution >= 0.6 is 0 Å². The molecule has 0 radical (unpaired) electrons. The Kier molecular flexibility index (Phi) is 4.84. The minimum absolute atomic E-state index is 0.169. The monoisotopic (exact) mass is 303 g/mol. The van der Waals surface area contributed by atoms with Crippen LogP contribution in [0.5, 0.6) is 0 Å². The Morgan fingerprint density at radius 1 is 0.826 bits per heavy atom. The molecule has 0 amide bonds. The van der Waals surface area contributed by atoms with Gasteiger partial charge in [-0.05, 0) is 29.8 Å². The molecular formula is C21H21NO. The number of ketones is 1. The van der Waals surface area contributed by atoms with E-state index in [-0.39, 0.29) is 5.78 Å². The minimum Gasteiger partial charge on any atom is -0.295 e. The van der Waals surface area contributed by atoms with Crippen LogP contribution in [0.15, 0.2) is 71.8 Å². The molecule has 0 spiro atoms. The summed E-state index contributed by atoms with van der Waals surface area (Å²) < 4.78 is 0. The summed E-state index contributed by atoms with van der Waals surface area (Å²) in [6.45, 7) is 4.51. The summed E-state index contributed by atoms with van der Waals surface area (Å²) in [5, 5.41) is 0. The molecule has 1 heterocycles. The van der Waals surface area contributed by atoms with Crippen LogP contribution in [0.25, 0.3) is 12.2 Å². The molecule has 2 nitrogen and oxygen atoms in total. The molecule has 0 saturated carbocycles. The molecule has 0 aliphatic carbocycles. The van der Waals surface area contributed by atoms with Gasteiger partial charge in [0.25, 0.3) is 0 Å². The van der Waals surface area contributed by atoms with Gasteiger partial charge in [0, 0.05) is 24.2 Å². The predicted molar refractivity (Wildman–Crippen MR) is 96.0 cm³/mol. The van der Waals surface area contributed by atoms with Crippen molar-refractivity contribution in [3.8, 4) is 0 Å². The second kappa shape index (κ2) is 7.21. The molecule has 0 aromatic heterocycles. The van der Waals surface area contributed by atoms with Gasteiger partial charge in [0.2, 0.25) is 0 Å². The van der Waals surface area contributed by atoms with E-state index in [0.29, 0.717) is 0 Å². The van der Waals surface area contributed by atoms with Gasteiger partial charge in [0.1, 0.15) is 0 Å². The third kappa shape index (κ3) is 3.85. The number of nitrogens with zero attached hydrogens (tertiary/aromatic N) is 1. The summed E-state index contributed by atoms with van der Waals surface area (Å²) >= 11 is 0. The summed E-state index contributed by atoms with van der Waals surface area (Å²) in [7, 11) is 0. The maximum atomic E-state index is 12.8. The van der Waals surface area contributed by atoms with Crippen molar-refractivity contribution in [2.75, 3.05) is 19.6 Å². The van der Waals surface area contributed by atoms with Crippen LogP contribution in [-0.2, 0) is 4.79 Å². The first kappa shape index (κ1) is 15.4. The van der Waals surface area contributed by atoms with Crippen LogP contribution in [0.3, 0.4) is 0 Å². The van der Waals surface area contributed by atoms with E-state index in [1.807, 2.05) is 72.8 Å². The number of carbonyl (C=O) groups is 1. The molecule has 0 unspecified atom stereocenters. The van der Waals surface area contributed by atoms with Gasteiger partial charge in [0.05, 0.1) is 0 Å². The van der Waals surface area contributed by atoms with E-state index in [1.54, 1.807) is 0 Å². The number of carbonyl (C=O) groups excluding carboxylic acids is 1. The lowest BCUT2D eigenvalue weighted by molar-refractivity contribution is -0.113. The minimum atomic E-state index is 0.169. The van der Waals surface area contributed by atoms with Gasteiger partial charge in [-0.2, -0.15) is 0 Å². The molecule has 0 N–H and O–H groups in total. The van der Waals surface area contributed by atoms with Gasteiger partial charge in [-0.15, -0.1) is 0 Å². The molecule has 2 heteroatoms. The molecule has 3 rings (SSSR count). The van der Waals surface area contributed by atoms with Crippen molar-refractivity contribution in [1.82, 2.24) is 4.90 Å². The number of Topliss-reactive ketones (excluding diaryl/α,β-unsaturated/α-hetero) is 1. The highest BCUT2D eigenvalue weighted by Crippen LogP contribution is 2.21. The van der Waals surface area contributed by atoms with E-state index in [9.17, 15) is 4.79 Å². The van der Waals surface area contributed by atoms with Gasteiger partial charge >= 0.3 is 0 Å². The third-order valence-electron chi connectivity index (χ3n) is 4.10. The molecule has 116 valence electrons. The van der Waals surface area contributed by atoms with E-state index in [4.69, 9.17) is 0 Å². The van der Waals surface area contributed by atoms with Crippen LogP contribution in [0, 0.1) is 0 Å². The summed E-state index contributed by atoms with van der Waals surface area (Å²) in [5.74, 6) is 0.169. The van der Waals surface area contributed by atoms with E-state index >= 15 is 0 Å². The zero-order valence-corrected chi connectivity index (χ0v) is 13.4. The lowest BCUT2D eigenvalue weighted by Gasteiger charge is -2.28. The molecule has 1 aliphatic rings. The van der Waals surface area contributed by atoms with Gasteiger partial charge in [-0.3, -0.25) is 9.69 Å². The maximum absolute atomic E-state index is 12.8. The number of rotatable bonds is 3.